The standard InChI is InChI=1S/C29H23N3O4/c1-16-6-4-9-19-17-7-2-3-8-18(17)21(26(16)19)14-32-22-11-5-10-20(29(30)35)27(22)28-23(32)12-31-13-24(28)36-15-25(33)34/h2-13,21H,14-15H2,1H3,(H2,30,35)(H,33,34). The highest BCUT2D eigenvalue weighted by Crippen LogP contribution is 2.48. The Balaban J connectivity index is 1.62. The third-order valence-corrected chi connectivity index (χ3v) is 7.05. The van der Waals surface area contributed by atoms with Crippen molar-refractivity contribution < 1.29 is 19.4 Å². The minimum Gasteiger partial charge on any atom is -0.480 e. The van der Waals surface area contributed by atoms with Crippen LogP contribution in [0.2, 0.25) is 0 Å². The summed E-state index contributed by atoms with van der Waals surface area (Å²) in [6.07, 6.45) is 3.21. The first kappa shape index (κ1) is 21.9. The number of amides is 1. The van der Waals surface area contributed by atoms with Crippen molar-refractivity contribution in [2.75, 3.05) is 6.61 Å². The van der Waals surface area contributed by atoms with Gasteiger partial charge in [-0.2, -0.15) is 0 Å². The van der Waals surface area contributed by atoms with Gasteiger partial charge in [0.2, 0.25) is 5.91 Å². The molecule has 0 saturated heterocycles. The molecule has 2 aromatic heterocycles. The highest BCUT2D eigenvalue weighted by molar-refractivity contribution is 6.19. The summed E-state index contributed by atoms with van der Waals surface area (Å²) in [6.45, 7) is 2.21. The summed E-state index contributed by atoms with van der Waals surface area (Å²) >= 11 is 0. The lowest BCUT2D eigenvalue weighted by molar-refractivity contribution is -0.139. The lowest BCUT2D eigenvalue weighted by atomic mass is 9.93. The Hall–Kier alpha value is -4.65. The normalized spacial score (nSPS) is 14.1. The summed E-state index contributed by atoms with van der Waals surface area (Å²) in [7, 11) is 0. The van der Waals surface area contributed by atoms with E-state index in [2.05, 4.69) is 58.9 Å². The van der Waals surface area contributed by atoms with E-state index >= 15 is 0 Å². The predicted octanol–water partition coefficient (Wildman–Crippen LogP) is 4.87. The van der Waals surface area contributed by atoms with E-state index in [4.69, 9.17) is 10.5 Å². The smallest absolute Gasteiger partial charge is 0.341 e. The predicted molar refractivity (Wildman–Crippen MR) is 137 cm³/mol. The van der Waals surface area contributed by atoms with Gasteiger partial charge in [0.15, 0.2) is 6.61 Å². The zero-order chi connectivity index (χ0) is 25.0. The van der Waals surface area contributed by atoms with Crippen molar-refractivity contribution in [1.29, 1.82) is 0 Å². The van der Waals surface area contributed by atoms with Crippen molar-refractivity contribution in [3.8, 4) is 16.9 Å². The molecule has 7 heteroatoms. The number of benzene rings is 3. The van der Waals surface area contributed by atoms with Crippen LogP contribution in [0.3, 0.4) is 0 Å². The molecular formula is C29H23N3O4. The van der Waals surface area contributed by atoms with Crippen molar-refractivity contribution in [2.24, 2.45) is 5.73 Å². The molecule has 0 aliphatic heterocycles. The van der Waals surface area contributed by atoms with Gasteiger partial charge in [-0.15, -0.1) is 0 Å². The van der Waals surface area contributed by atoms with Crippen LogP contribution in [0.25, 0.3) is 32.9 Å². The first-order valence-electron chi connectivity index (χ1n) is 11.7. The Labute approximate surface area is 206 Å². The third kappa shape index (κ3) is 3.24. The number of carbonyl (C=O) groups excluding carboxylic acids is 1. The molecule has 6 rings (SSSR count). The van der Waals surface area contributed by atoms with Gasteiger partial charge in [-0.3, -0.25) is 9.78 Å². The van der Waals surface area contributed by atoms with Gasteiger partial charge >= 0.3 is 5.97 Å². The Morgan fingerprint density at radius 2 is 1.75 bits per heavy atom. The molecule has 36 heavy (non-hydrogen) atoms. The van der Waals surface area contributed by atoms with Gasteiger partial charge in [-0.05, 0) is 46.9 Å². The van der Waals surface area contributed by atoms with Crippen LogP contribution < -0.4 is 10.5 Å². The summed E-state index contributed by atoms with van der Waals surface area (Å²) in [5.74, 6) is -1.28. The molecule has 1 aliphatic carbocycles. The summed E-state index contributed by atoms with van der Waals surface area (Å²) in [6, 6.07) is 20.3. The van der Waals surface area contributed by atoms with Crippen molar-refractivity contribution in [3.05, 3.63) is 95.3 Å². The Morgan fingerprint density at radius 3 is 2.56 bits per heavy atom. The lowest BCUT2D eigenvalue weighted by Crippen LogP contribution is -2.12. The Bertz CT molecular complexity index is 1700. The summed E-state index contributed by atoms with van der Waals surface area (Å²) in [4.78, 5) is 28.0. The second kappa shape index (κ2) is 8.23. The fourth-order valence-electron chi connectivity index (χ4n) is 5.65. The Kier molecular flexibility index (Phi) is 5.00. The highest BCUT2D eigenvalue weighted by atomic mass is 16.5. The molecule has 3 N–H and O–H groups in total. The second-order valence-corrected chi connectivity index (χ2v) is 9.06. The van der Waals surface area contributed by atoms with Gasteiger partial charge in [-0.25, -0.2) is 4.79 Å². The molecule has 0 radical (unpaired) electrons. The number of hydrogen-bond acceptors (Lipinski definition) is 4. The van der Waals surface area contributed by atoms with E-state index in [1.54, 1.807) is 12.3 Å². The van der Waals surface area contributed by atoms with Gasteiger partial charge in [0.05, 0.1) is 28.8 Å². The number of fused-ring (bicyclic) bond motifs is 6. The molecule has 3 aromatic carbocycles. The number of rotatable bonds is 6. The van der Waals surface area contributed by atoms with Crippen LogP contribution in [-0.2, 0) is 11.3 Å². The number of primary amides is 1. The summed E-state index contributed by atoms with van der Waals surface area (Å²) < 4.78 is 7.75. The van der Waals surface area contributed by atoms with Crippen LogP contribution in [0.5, 0.6) is 5.75 Å². The van der Waals surface area contributed by atoms with E-state index in [-0.39, 0.29) is 5.92 Å². The Morgan fingerprint density at radius 1 is 0.972 bits per heavy atom. The number of carbonyl (C=O) groups is 2. The number of pyridine rings is 1. The molecule has 0 saturated carbocycles. The molecule has 5 aromatic rings. The molecule has 0 bridgehead atoms. The van der Waals surface area contributed by atoms with Gasteiger partial charge < -0.3 is 20.1 Å². The van der Waals surface area contributed by atoms with Crippen LogP contribution in [0.1, 0.15) is 33.0 Å². The van der Waals surface area contributed by atoms with Crippen molar-refractivity contribution in [3.63, 3.8) is 0 Å². The number of nitrogens with zero attached hydrogens (tertiary/aromatic N) is 2. The number of nitrogens with two attached hydrogens (primary N) is 1. The van der Waals surface area contributed by atoms with Crippen molar-refractivity contribution in [1.82, 2.24) is 9.55 Å². The molecule has 178 valence electrons. The van der Waals surface area contributed by atoms with Crippen LogP contribution in [0, 0.1) is 6.92 Å². The maximum absolute atomic E-state index is 12.4. The van der Waals surface area contributed by atoms with Gasteiger partial charge in [0.25, 0.3) is 0 Å². The zero-order valence-electron chi connectivity index (χ0n) is 19.6. The molecule has 0 fully saturated rings. The number of aryl methyl sites for hydroxylation is 1. The minimum absolute atomic E-state index is 0.0806. The van der Waals surface area contributed by atoms with E-state index in [9.17, 15) is 14.7 Å². The SMILES string of the molecule is Cc1cccc2c1C(Cn1c3cncc(OCC(=O)O)c3c3c(C(N)=O)cccc31)c1ccccc1-2. The molecule has 1 atom stereocenters. The number of aliphatic carboxylic acids is 1. The fourth-order valence-corrected chi connectivity index (χ4v) is 5.65. The topological polar surface area (TPSA) is 107 Å². The molecule has 7 nitrogen and oxygen atoms in total. The van der Waals surface area contributed by atoms with Gasteiger partial charge in [0, 0.05) is 23.4 Å². The summed E-state index contributed by atoms with van der Waals surface area (Å²) in [5.41, 5.74) is 13.9. The number of carboxylic acids is 1. The monoisotopic (exact) mass is 477 g/mol. The van der Waals surface area contributed by atoms with Gasteiger partial charge in [0.1, 0.15) is 5.75 Å². The molecular weight excluding hydrogens is 454 g/mol. The largest absolute Gasteiger partial charge is 0.480 e. The maximum atomic E-state index is 12.4. The van der Waals surface area contributed by atoms with E-state index < -0.39 is 18.5 Å². The highest BCUT2D eigenvalue weighted by Gasteiger charge is 2.31. The quantitative estimate of drug-likeness (QED) is 0.363. The number of hydrogen-bond donors (Lipinski definition) is 2. The number of carboxylic acid groups (broad SMARTS) is 1. The number of aromatic nitrogens is 2. The number of ether oxygens (including phenoxy) is 1. The van der Waals surface area contributed by atoms with Crippen molar-refractivity contribution >= 4 is 33.7 Å². The second-order valence-electron chi connectivity index (χ2n) is 9.06. The fraction of sp³-hybridized carbons (Fsp3) is 0.138. The van der Waals surface area contributed by atoms with Crippen LogP contribution in [-0.4, -0.2) is 33.1 Å². The first-order valence-corrected chi connectivity index (χ1v) is 11.7. The third-order valence-electron chi connectivity index (χ3n) is 7.05. The maximum Gasteiger partial charge on any atom is 0.341 e. The van der Waals surface area contributed by atoms with E-state index in [0.717, 1.165) is 11.0 Å². The average molecular weight is 478 g/mol. The molecule has 1 unspecified atom stereocenters. The molecule has 1 amide bonds. The van der Waals surface area contributed by atoms with Gasteiger partial charge in [-0.1, -0.05) is 48.5 Å². The lowest BCUT2D eigenvalue weighted by Gasteiger charge is -2.18. The van der Waals surface area contributed by atoms with Crippen LogP contribution in [0.15, 0.2) is 73.1 Å². The van der Waals surface area contributed by atoms with Crippen molar-refractivity contribution in [2.45, 2.75) is 19.4 Å². The minimum atomic E-state index is -1.10. The molecule has 0 spiro atoms. The summed E-state index contributed by atoms with van der Waals surface area (Å²) in [5, 5.41) is 10.5. The average Bonchev–Trinajstić information content (AvgIpc) is 3.37. The van der Waals surface area contributed by atoms with Crippen LogP contribution >= 0.6 is 0 Å². The zero-order valence-corrected chi connectivity index (χ0v) is 19.6. The van der Waals surface area contributed by atoms with E-state index in [0.29, 0.717) is 28.6 Å². The molecule has 2 heterocycles. The van der Waals surface area contributed by atoms with E-state index in [1.807, 2.05) is 12.1 Å². The molecule has 1 aliphatic rings. The first-order chi connectivity index (χ1) is 17.5. The van der Waals surface area contributed by atoms with E-state index in [1.165, 1.54) is 34.0 Å². The van der Waals surface area contributed by atoms with Crippen LogP contribution in [0.4, 0.5) is 0 Å².